The number of thiazole rings is 2. The Morgan fingerprint density at radius 1 is 0.833 bits per heavy atom. The third-order valence-electron chi connectivity index (χ3n) is 3.37. The van der Waals surface area contributed by atoms with Crippen LogP contribution in [0.5, 0.6) is 0 Å². The van der Waals surface area contributed by atoms with E-state index in [0.717, 1.165) is 22.0 Å². The Bertz CT molecular complexity index is 963. The molecule has 1 N–H and O–H groups in total. The summed E-state index contributed by atoms with van der Waals surface area (Å²) in [5, 5.41) is 8.69. The first-order chi connectivity index (χ1) is 11.8. The van der Waals surface area contributed by atoms with Gasteiger partial charge in [-0.3, -0.25) is 0 Å². The second-order valence-corrected chi connectivity index (χ2v) is 6.79. The summed E-state index contributed by atoms with van der Waals surface area (Å²) in [6.45, 7) is 0. The van der Waals surface area contributed by atoms with E-state index in [9.17, 15) is 4.39 Å². The summed E-state index contributed by atoms with van der Waals surface area (Å²) in [7, 11) is 0. The maximum absolute atomic E-state index is 13.2. The predicted octanol–water partition coefficient (Wildman–Crippen LogP) is 5.82. The number of rotatable bonds is 4. The van der Waals surface area contributed by atoms with Crippen molar-refractivity contribution in [2.45, 2.75) is 0 Å². The molecule has 3 nitrogen and oxygen atoms in total. The number of nitrogens with one attached hydrogen (secondary N) is 1. The van der Waals surface area contributed by atoms with Gasteiger partial charge in [-0.2, -0.15) is 0 Å². The summed E-state index contributed by atoms with van der Waals surface area (Å²) in [5.41, 5.74) is 3.54. The Hall–Kier alpha value is -2.57. The third-order valence-corrected chi connectivity index (χ3v) is 5.00. The Kier molecular flexibility index (Phi) is 4.06. The van der Waals surface area contributed by atoms with Crippen LogP contribution in [-0.2, 0) is 0 Å². The fourth-order valence-corrected chi connectivity index (χ4v) is 3.83. The monoisotopic (exact) mass is 353 g/mol. The molecule has 118 valence electrons. The smallest absolute Gasteiger partial charge is 0.187 e. The molecular formula is C18H12FN3S2. The van der Waals surface area contributed by atoms with Gasteiger partial charge in [0, 0.05) is 22.0 Å². The molecule has 0 saturated heterocycles. The molecule has 0 saturated carbocycles. The van der Waals surface area contributed by atoms with Crippen LogP contribution in [0.3, 0.4) is 0 Å². The average Bonchev–Trinajstić information content (AvgIpc) is 3.25. The molecule has 4 rings (SSSR count). The number of anilines is 2. The Balaban J connectivity index is 1.56. The molecule has 4 aromatic rings. The molecule has 0 spiro atoms. The molecular weight excluding hydrogens is 341 g/mol. The van der Waals surface area contributed by atoms with Crippen LogP contribution in [0.4, 0.5) is 15.2 Å². The summed E-state index contributed by atoms with van der Waals surface area (Å²) in [6, 6.07) is 16.4. The minimum absolute atomic E-state index is 0.274. The average molecular weight is 353 g/mol. The van der Waals surface area contributed by atoms with E-state index in [0.29, 0.717) is 10.8 Å². The normalized spacial score (nSPS) is 10.7. The number of nitrogens with zero attached hydrogens (tertiary/aromatic N) is 2. The molecule has 0 atom stereocenters. The molecule has 0 aliphatic rings. The quantitative estimate of drug-likeness (QED) is 0.502. The zero-order chi connectivity index (χ0) is 16.4. The number of benzene rings is 2. The summed E-state index contributed by atoms with van der Waals surface area (Å²) in [6.07, 6.45) is 0. The maximum Gasteiger partial charge on any atom is 0.187 e. The molecule has 2 aromatic carbocycles. The van der Waals surface area contributed by atoms with Crippen molar-refractivity contribution in [1.29, 1.82) is 0 Å². The molecule has 0 aliphatic carbocycles. The topological polar surface area (TPSA) is 37.8 Å². The molecule has 0 unspecified atom stereocenters. The molecule has 0 amide bonds. The zero-order valence-corrected chi connectivity index (χ0v) is 14.1. The van der Waals surface area contributed by atoms with Crippen molar-refractivity contribution in [3.63, 3.8) is 0 Å². The van der Waals surface area contributed by atoms with Crippen LogP contribution >= 0.6 is 22.7 Å². The molecule has 24 heavy (non-hydrogen) atoms. The highest BCUT2D eigenvalue weighted by atomic mass is 32.1. The van der Waals surface area contributed by atoms with Crippen LogP contribution in [0.1, 0.15) is 0 Å². The lowest BCUT2D eigenvalue weighted by molar-refractivity contribution is 0.628. The van der Waals surface area contributed by atoms with E-state index in [4.69, 9.17) is 0 Å². The lowest BCUT2D eigenvalue weighted by atomic mass is 10.2. The Morgan fingerprint density at radius 3 is 2.50 bits per heavy atom. The van der Waals surface area contributed by atoms with Crippen LogP contribution in [0.15, 0.2) is 65.4 Å². The van der Waals surface area contributed by atoms with Gasteiger partial charge < -0.3 is 5.32 Å². The summed E-state index contributed by atoms with van der Waals surface area (Å²) >= 11 is 3.04. The van der Waals surface area contributed by atoms with Gasteiger partial charge in [-0.05, 0) is 18.2 Å². The van der Waals surface area contributed by atoms with Crippen molar-refractivity contribution in [2.24, 2.45) is 0 Å². The van der Waals surface area contributed by atoms with E-state index in [1.165, 1.54) is 23.5 Å². The summed E-state index contributed by atoms with van der Waals surface area (Å²) in [5.74, 6) is -0.274. The lowest BCUT2D eigenvalue weighted by Crippen LogP contribution is -1.90. The van der Waals surface area contributed by atoms with E-state index in [-0.39, 0.29) is 5.82 Å². The highest BCUT2D eigenvalue weighted by Crippen LogP contribution is 2.31. The molecule has 6 heteroatoms. The van der Waals surface area contributed by atoms with E-state index in [2.05, 4.69) is 15.3 Å². The van der Waals surface area contributed by atoms with Gasteiger partial charge in [0.15, 0.2) is 5.13 Å². The van der Waals surface area contributed by atoms with Crippen molar-refractivity contribution in [1.82, 2.24) is 9.97 Å². The van der Waals surface area contributed by atoms with Gasteiger partial charge in [0.1, 0.15) is 16.5 Å². The van der Waals surface area contributed by atoms with Crippen molar-refractivity contribution in [2.75, 3.05) is 5.32 Å². The highest BCUT2D eigenvalue weighted by molar-refractivity contribution is 7.15. The van der Waals surface area contributed by atoms with Gasteiger partial charge in [0.2, 0.25) is 0 Å². The fourth-order valence-electron chi connectivity index (χ4n) is 2.25. The van der Waals surface area contributed by atoms with Gasteiger partial charge >= 0.3 is 0 Å². The van der Waals surface area contributed by atoms with Crippen LogP contribution in [-0.4, -0.2) is 9.97 Å². The van der Waals surface area contributed by atoms with Crippen molar-refractivity contribution < 1.29 is 4.39 Å². The van der Waals surface area contributed by atoms with E-state index in [1.54, 1.807) is 23.5 Å². The molecule has 2 heterocycles. The second kappa shape index (κ2) is 6.51. The number of hydrogen-bond acceptors (Lipinski definition) is 5. The van der Waals surface area contributed by atoms with E-state index < -0.39 is 0 Å². The van der Waals surface area contributed by atoms with Gasteiger partial charge in [-0.15, -0.1) is 22.7 Å². The van der Waals surface area contributed by atoms with Crippen LogP contribution in [0.2, 0.25) is 0 Å². The van der Waals surface area contributed by atoms with Gasteiger partial charge in [0.05, 0.1) is 5.69 Å². The SMILES string of the molecule is Fc1cccc(Nc2nc(-c3nc(-c4ccccc4)cs3)cs2)c1. The molecule has 0 bridgehead atoms. The van der Waals surface area contributed by atoms with Crippen molar-refractivity contribution >= 4 is 33.5 Å². The van der Waals surface area contributed by atoms with Gasteiger partial charge in [0.25, 0.3) is 0 Å². The number of halogens is 1. The third kappa shape index (κ3) is 3.20. The molecule has 0 radical (unpaired) electrons. The number of aromatic nitrogens is 2. The highest BCUT2D eigenvalue weighted by Gasteiger charge is 2.10. The zero-order valence-electron chi connectivity index (χ0n) is 12.4. The van der Waals surface area contributed by atoms with Crippen molar-refractivity contribution in [3.05, 3.63) is 71.2 Å². The Morgan fingerprint density at radius 2 is 1.67 bits per heavy atom. The minimum atomic E-state index is -0.274. The first kappa shape index (κ1) is 15.0. The van der Waals surface area contributed by atoms with E-state index in [1.807, 2.05) is 41.1 Å². The van der Waals surface area contributed by atoms with Gasteiger partial charge in [-0.1, -0.05) is 36.4 Å². The largest absolute Gasteiger partial charge is 0.331 e. The van der Waals surface area contributed by atoms with Crippen LogP contribution in [0, 0.1) is 5.82 Å². The Labute approximate surface area is 146 Å². The summed E-state index contributed by atoms with van der Waals surface area (Å²) in [4.78, 5) is 9.21. The fraction of sp³-hybridized carbons (Fsp3) is 0. The van der Waals surface area contributed by atoms with Crippen LogP contribution < -0.4 is 5.32 Å². The number of hydrogen-bond donors (Lipinski definition) is 1. The first-order valence-electron chi connectivity index (χ1n) is 7.27. The standard InChI is InChI=1S/C18H12FN3S2/c19-13-7-4-8-14(9-13)20-18-22-16(11-24-18)17-21-15(10-23-17)12-5-2-1-3-6-12/h1-11H,(H,20,22). The summed E-state index contributed by atoms with van der Waals surface area (Å²) < 4.78 is 13.2. The van der Waals surface area contributed by atoms with E-state index >= 15 is 0 Å². The predicted molar refractivity (Wildman–Crippen MR) is 98.3 cm³/mol. The molecule has 0 fully saturated rings. The maximum atomic E-state index is 13.2. The first-order valence-corrected chi connectivity index (χ1v) is 9.03. The van der Waals surface area contributed by atoms with Crippen molar-refractivity contribution in [3.8, 4) is 22.0 Å². The second-order valence-electron chi connectivity index (χ2n) is 5.08. The minimum Gasteiger partial charge on any atom is -0.331 e. The molecule has 2 aromatic heterocycles. The van der Waals surface area contributed by atoms with Crippen LogP contribution in [0.25, 0.3) is 22.0 Å². The lowest BCUT2D eigenvalue weighted by Gasteiger charge is -2.01. The van der Waals surface area contributed by atoms with Gasteiger partial charge in [-0.25, -0.2) is 14.4 Å². The molecule has 0 aliphatic heterocycles.